The number of azide groups is 1. The summed E-state index contributed by atoms with van der Waals surface area (Å²) in [7, 11) is 1.51. The van der Waals surface area contributed by atoms with Crippen LogP contribution in [0.1, 0.15) is 61.8 Å². The van der Waals surface area contributed by atoms with Crippen molar-refractivity contribution in [1.29, 1.82) is 0 Å². The highest BCUT2D eigenvalue weighted by Crippen LogP contribution is 2.28. The Balaban J connectivity index is 1.16. The molecule has 1 N–H and O–H groups in total. The minimum atomic E-state index is -1.08. The molecular weight excluding hydrogens is 789 g/mol. The molecule has 62 heavy (non-hydrogen) atoms. The van der Waals surface area contributed by atoms with E-state index in [0.29, 0.717) is 55.2 Å². The van der Waals surface area contributed by atoms with Crippen LogP contribution in [0.2, 0.25) is 0 Å². The number of methoxy groups -OCH3 is 1. The average Bonchev–Trinajstić information content (AvgIpc) is 3.79. The zero-order chi connectivity index (χ0) is 44.3. The van der Waals surface area contributed by atoms with Crippen LogP contribution in [0.25, 0.3) is 10.4 Å². The third-order valence-electron chi connectivity index (χ3n) is 10.4. The standard InChI is InChI=1S/C48H54N6O8/c1-5-26-53(31-38-22-25-40(30-43(38)59-4)60-28-13-19-44(55)62-33-37-16-10-7-11-17-37)48(58)45(34(2)3)50-46(56)42-18-12-27-54(42)47(57)41(51-52-49)29-35-20-23-39(24-21-35)61-32-36-14-8-6-9-15-36/h1,6-11,14-17,20-25,30,34,41-42,45H,12-13,18-19,26-29,31-33H2,2-4H3,(H,50,56)/t41-,42-,45-/m0/s1. The number of nitrogens with zero attached hydrogens (tertiary/aromatic N) is 5. The normalized spacial score (nSPS) is 14.1. The molecule has 14 heteroatoms. The molecule has 4 aromatic carbocycles. The molecular formula is C48H54N6O8. The summed E-state index contributed by atoms with van der Waals surface area (Å²) in [5.74, 6) is 2.20. The van der Waals surface area contributed by atoms with Crippen LogP contribution in [-0.2, 0) is 50.1 Å². The van der Waals surface area contributed by atoms with Gasteiger partial charge in [0.2, 0.25) is 17.7 Å². The first kappa shape index (κ1) is 46.1. The fourth-order valence-electron chi connectivity index (χ4n) is 7.07. The fourth-order valence-corrected chi connectivity index (χ4v) is 7.07. The maximum Gasteiger partial charge on any atom is 0.306 e. The highest BCUT2D eigenvalue weighted by molar-refractivity contribution is 5.94. The van der Waals surface area contributed by atoms with Crippen molar-refractivity contribution in [2.75, 3.05) is 26.8 Å². The van der Waals surface area contributed by atoms with Crippen molar-refractivity contribution in [3.05, 3.63) is 136 Å². The summed E-state index contributed by atoms with van der Waals surface area (Å²) in [6.07, 6.45) is 7.45. The SMILES string of the molecule is C#CCN(Cc1ccc(OCCCC(=O)OCc2ccccc2)cc1OC)C(=O)[C@@H](NC(=O)[C@@H]1CCCN1C(=O)[C@H](Cc1ccc(OCc2ccccc2)cc1)N=[N+]=[N-])C(C)C. The van der Waals surface area contributed by atoms with E-state index in [-0.39, 0.29) is 51.0 Å². The Morgan fingerprint density at radius 2 is 1.60 bits per heavy atom. The van der Waals surface area contributed by atoms with Gasteiger partial charge in [-0.15, -0.1) is 6.42 Å². The summed E-state index contributed by atoms with van der Waals surface area (Å²) in [5.41, 5.74) is 12.8. The van der Waals surface area contributed by atoms with Gasteiger partial charge in [-0.25, -0.2) is 0 Å². The summed E-state index contributed by atoms with van der Waals surface area (Å²) >= 11 is 0. The molecule has 0 bridgehead atoms. The molecule has 1 heterocycles. The van der Waals surface area contributed by atoms with E-state index in [0.717, 1.165) is 16.7 Å². The van der Waals surface area contributed by atoms with Crippen LogP contribution in [0.4, 0.5) is 0 Å². The number of amides is 3. The largest absolute Gasteiger partial charge is 0.496 e. The molecule has 0 aromatic heterocycles. The fraction of sp³-hybridized carbons (Fsp3) is 0.375. The number of ether oxygens (including phenoxy) is 4. The third-order valence-corrected chi connectivity index (χ3v) is 10.4. The van der Waals surface area contributed by atoms with Crippen LogP contribution in [0.3, 0.4) is 0 Å². The Morgan fingerprint density at radius 1 is 0.919 bits per heavy atom. The molecule has 4 aromatic rings. The second kappa shape index (κ2) is 23.7. The molecule has 3 atom stereocenters. The first-order valence-corrected chi connectivity index (χ1v) is 20.7. The minimum absolute atomic E-state index is 0.0400. The first-order chi connectivity index (χ1) is 30.1. The van der Waals surface area contributed by atoms with Crippen molar-refractivity contribution in [1.82, 2.24) is 15.1 Å². The predicted molar refractivity (Wildman–Crippen MR) is 234 cm³/mol. The van der Waals surface area contributed by atoms with Crippen molar-refractivity contribution in [2.24, 2.45) is 11.0 Å². The predicted octanol–water partition coefficient (Wildman–Crippen LogP) is 7.19. The van der Waals surface area contributed by atoms with Gasteiger partial charge in [0.15, 0.2) is 0 Å². The summed E-state index contributed by atoms with van der Waals surface area (Å²) in [5, 5.41) is 6.74. The summed E-state index contributed by atoms with van der Waals surface area (Å²) < 4.78 is 22.8. The lowest BCUT2D eigenvalue weighted by Crippen LogP contribution is -2.56. The molecule has 0 radical (unpaired) electrons. The zero-order valence-electron chi connectivity index (χ0n) is 35.5. The maximum absolute atomic E-state index is 14.2. The molecule has 1 saturated heterocycles. The first-order valence-electron chi connectivity index (χ1n) is 20.7. The molecule has 0 unspecified atom stereocenters. The van der Waals surface area contributed by atoms with Gasteiger partial charge in [0.1, 0.15) is 48.6 Å². The molecule has 1 fully saturated rings. The Labute approximate surface area is 363 Å². The van der Waals surface area contributed by atoms with Gasteiger partial charge >= 0.3 is 5.97 Å². The van der Waals surface area contributed by atoms with E-state index in [1.54, 1.807) is 30.3 Å². The van der Waals surface area contributed by atoms with E-state index in [4.69, 9.17) is 25.4 Å². The Hall–Kier alpha value is -6.97. The van der Waals surface area contributed by atoms with Gasteiger partial charge in [0.25, 0.3) is 0 Å². The minimum Gasteiger partial charge on any atom is -0.496 e. The second-order valence-corrected chi connectivity index (χ2v) is 15.2. The number of hydrogen-bond acceptors (Lipinski definition) is 9. The molecule has 0 spiro atoms. The Kier molecular flexibility index (Phi) is 17.6. The smallest absolute Gasteiger partial charge is 0.306 e. The summed E-state index contributed by atoms with van der Waals surface area (Å²) in [6.45, 7) is 4.87. The molecule has 0 saturated carbocycles. The number of hydrogen-bond donors (Lipinski definition) is 1. The number of carbonyl (C=O) groups is 4. The van der Waals surface area contributed by atoms with Crippen LogP contribution in [0.5, 0.6) is 17.2 Å². The molecule has 324 valence electrons. The van der Waals surface area contributed by atoms with E-state index in [2.05, 4.69) is 21.3 Å². The van der Waals surface area contributed by atoms with Gasteiger partial charge in [0.05, 0.1) is 26.8 Å². The van der Waals surface area contributed by atoms with Crippen LogP contribution >= 0.6 is 0 Å². The van der Waals surface area contributed by atoms with Gasteiger partial charge in [-0.1, -0.05) is 97.7 Å². The van der Waals surface area contributed by atoms with Crippen LogP contribution < -0.4 is 19.5 Å². The topological polar surface area (TPSA) is 172 Å². The third kappa shape index (κ3) is 13.5. The van der Waals surface area contributed by atoms with Crippen molar-refractivity contribution >= 4 is 23.7 Å². The number of esters is 1. The number of rotatable bonds is 22. The lowest BCUT2D eigenvalue weighted by molar-refractivity contribution is -0.145. The highest BCUT2D eigenvalue weighted by atomic mass is 16.5. The summed E-state index contributed by atoms with van der Waals surface area (Å²) in [6, 6.07) is 28.8. The molecule has 0 aliphatic carbocycles. The summed E-state index contributed by atoms with van der Waals surface area (Å²) in [4.78, 5) is 60.1. The lowest BCUT2D eigenvalue weighted by Gasteiger charge is -2.32. The van der Waals surface area contributed by atoms with Crippen LogP contribution in [0, 0.1) is 18.3 Å². The van der Waals surface area contributed by atoms with E-state index in [1.165, 1.54) is 16.9 Å². The number of nitrogens with one attached hydrogen (secondary N) is 1. The highest BCUT2D eigenvalue weighted by Gasteiger charge is 2.39. The number of benzene rings is 4. The maximum atomic E-state index is 14.2. The number of likely N-dealkylation sites (tertiary alicyclic amines) is 1. The van der Waals surface area contributed by atoms with Crippen molar-refractivity contribution in [3.63, 3.8) is 0 Å². The van der Waals surface area contributed by atoms with Gasteiger partial charge in [-0.05, 0) is 78.1 Å². The molecule has 5 rings (SSSR count). The van der Waals surface area contributed by atoms with E-state index >= 15 is 0 Å². The van der Waals surface area contributed by atoms with Gasteiger partial charge in [-0.2, -0.15) is 0 Å². The van der Waals surface area contributed by atoms with E-state index in [1.807, 2.05) is 86.6 Å². The van der Waals surface area contributed by atoms with Crippen LogP contribution in [-0.4, -0.2) is 78.4 Å². The number of carbonyl (C=O) groups excluding carboxylic acids is 4. The van der Waals surface area contributed by atoms with Crippen molar-refractivity contribution in [3.8, 4) is 29.6 Å². The molecule has 1 aliphatic rings. The van der Waals surface area contributed by atoms with Crippen molar-refractivity contribution < 1.29 is 38.1 Å². The monoisotopic (exact) mass is 842 g/mol. The van der Waals surface area contributed by atoms with Gasteiger partial charge < -0.3 is 34.1 Å². The zero-order valence-corrected chi connectivity index (χ0v) is 35.5. The average molecular weight is 843 g/mol. The molecule has 1 aliphatic heterocycles. The van der Waals surface area contributed by atoms with E-state index in [9.17, 15) is 24.7 Å². The Morgan fingerprint density at radius 3 is 2.24 bits per heavy atom. The molecule has 14 nitrogen and oxygen atoms in total. The lowest BCUT2D eigenvalue weighted by atomic mass is 10.0. The second-order valence-electron chi connectivity index (χ2n) is 15.2. The molecule has 3 amide bonds. The Bertz CT molecular complexity index is 2190. The quantitative estimate of drug-likeness (QED) is 0.0216. The number of terminal acetylenes is 1. The van der Waals surface area contributed by atoms with Gasteiger partial charge in [0, 0.05) is 29.5 Å². The van der Waals surface area contributed by atoms with Gasteiger partial charge in [-0.3, -0.25) is 19.2 Å². The van der Waals surface area contributed by atoms with E-state index < -0.39 is 35.8 Å². The van der Waals surface area contributed by atoms with Crippen LogP contribution in [0.15, 0.2) is 108 Å². The van der Waals surface area contributed by atoms with Crippen molar-refractivity contribution in [2.45, 2.75) is 83.8 Å².